The molecule has 0 radical (unpaired) electrons. The van der Waals surface area contributed by atoms with Crippen molar-refractivity contribution < 1.29 is 18.7 Å². The first-order valence-electron chi connectivity index (χ1n) is 8.87. The molecule has 0 spiro atoms. The fourth-order valence-corrected chi connectivity index (χ4v) is 3.80. The lowest BCUT2D eigenvalue weighted by molar-refractivity contribution is 0.0487. The first kappa shape index (κ1) is 19.5. The average Bonchev–Trinajstić information content (AvgIpc) is 3.26. The minimum atomic E-state index is -0.711. The largest absolute Gasteiger partial charge is 0.467 e. The highest BCUT2D eigenvalue weighted by Crippen LogP contribution is 2.39. The summed E-state index contributed by atoms with van der Waals surface area (Å²) in [6, 6.07) is 9.02. The Labute approximate surface area is 175 Å². The quantitative estimate of drug-likeness (QED) is 0.566. The van der Waals surface area contributed by atoms with E-state index in [2.05, 4.69) is 31.1 Å². The number of rotatable bonds is 6. The van der Waals surface area contributed by atoms with Crippen LogP contribution in [0.1, 0.15) is 39.2 Å². The van der Waals surface area contributed by atoms with E-state index < -0.39 is 11.9 Å². The third kappa shape index (κ3) is 3.75. The van der Waals surface area contributed by atoms with E-state index in [0.29, 0.717) is 35.1 Å². The monoisotopic (exact) mass is 460 g/mol. The highest BCUT2D eigenvalue weighted by molar-refractivity contribution is 9.10. The van der Waals surface area contributed by atoms with Gasteiger partial charge < -0.3 is 19.4 Å². The van der Waals surface area contributed by atoms with Crippen LogP contribution >= 0.6 is 15.9 Å². The molecule has 7 nitrogen and oxygen atoms in total. The van der Waals surface area contributed by atoms with Gasteiger partial charge in [-0.05, 0) is 42.8 Å². The molecule has 9 heteroatoms. The van der Waals surface area contributed by atoms with Crippen LogP contribution in [0.3, 0.4) is 0 Å². The van der Waals surface area contributed by atoms with Gasteiger partial charge >= 0.3 is 0 Å². The predicted octanol–water partition coefficient (Wildman–Crippen LogP) is 3.74. The Morgan fingerprint density at radius 2 is 2.10 bits per heavy atom. The van der Waals surface area contributed by atoms with Crippen LogP contribution in [0.15, 0.2) is 40.9 Å². The van der Waals surface area contributed by atoms with E-state index in [1.54, 1.807) is 17.9 Å². The topological polar surface area (TPSA) is 80.3 Å². The number of nitrogens with one attached hydrogen (secondary N) is 1. The van der Waals surface area contributed by atoms with Gasteiger partial charge in [0.1, 0.15) is 23.4 Å². The van der Waals surface area contributed by atoms with Crippen LogP contribution in [0.25, 0.3) is 0 Å². The molecule has 1 aliphatic rings. The summed E-state index contributed by atoms with van der Waals surface area (Å²) in [5, 5.41) is 8.21. The number of halogens is 2. The summed E-state index contributed by atoms with van der Waals surface area (Å²) in [5.41, 5.74) is 1.94. The van der Waals surface area contributed by atoms with Crippen molar-refractivity contribution in [2.75, 3.05) is 13.9 Å². The van der Waals surface area contributed by atoms with Crippen molar-refractivity contribution in [3.63, 3.8) is 0 Å². The number of aryl methyl sites for hydroxylation is 1. The van der Waals surface area contributed by atoms with Gasteiger partial charge in [-0.15, -0.1) is 10.2 Å². The van der Waals surface area contributed by atoms with E-state index in [9.17, 15) is 9.18 Å². The predicted molar refractivity (Wildman–Crippen MR) is 106 cm³/mol. The zero-order valence-corrected chi connectivity index (χ0v) is 17.4. The molecule has 4 rings (SSSR count). The smallest absolute Gasteiger partial charge is 0.255 e. The zero-order valence-electron chi connectivity index (χ0n) is 15.8. The van der Waals surface area contributed by atoms with E-state index in [-0.39, 0.29) is 12.7 Å². The van der Waals surface area contributed by atoms with Crippen LogP contribution in [-0.2, 0) is 11.3 Å². The SMILES string of the molecule is COCOc1ccc(F)cc1C(c1nnc(C)[nH]1)N1Cc2ccc(Br)cc2C1=O. The average molecular weight is 461 g/mol. The molecule has 0 saturated carbocycles. The molecule has 1 aromatic heterocycles. The van der Waals surface area contributed by atoms with E-state index in [1.165, 1.54) is 25.3 Å². The van der Waals surface area contributed by atoms with Crippen LogP contribution in [0, 0.1) is 12.7 Å². The van der Waals surface area contributed by atoms with Gasteiger partial charge in [0.2, 0.25) is 0 Å². The molecular weight excluding hydrogens is 443 g/mol. The molecule has 0 aliphatic carbocycles. The van der Waals surface area contributed by atoms with Gasteiger partial charge in [-0.2, -0.15) is 0 Å². The molecule has 29 heavy (non-hydrogen) atoms. The van der Waals surface area contributed by atoms with E-state index >= 15 is 0 Å². The second-order valence-electron chi connectivity index (χ2n) is 6.67. The van der Waals surface area contributed by atoms with E-state index in [0.717, 1.165) is 10.0 Å². The molecule has 3 aromatic rings. The number of hydrogen-bond donors (Lipinski definition) is 1. The first-order valence-corrected chi connectivity index (χ1v) is 9.67. The molecule has 2 heterocycles. The summed E-state index contributed by atoms with van der Waals surface area (Å²) in [7, 11) is 1.50. The number of nitrogens with zero attached hydrogens (tertiary/aromatic N) is 3. The van der Waals surface area contributed by atoms with Gasteiger partial charge in [-0.25, -0.2) is 4.39 Å². The van der Waals surface area contributed by atoms with Gasteiger partial charge in [0.15, 0.2) is 12.6 Å². The summed E-state index contributed by atoms with van der Waals surface area (Å²) < 4.78 is 25.7. The van der Waals surface area contributed by atoms with Crippen molar-refractivity contribution in [2.24, 2.45) is 0 Å². The minimum absolute atomic E-state index is 0.0120. The molecule has 1 atom stereocenters. The number of aromatic amines is 1. The Bertz CT molecular complexity index is 1070. The number of H-pyrrole nitrogens is 1. The Morgan fingerprint density at radius 1 is 1.28 bits per heavy atom. The van der Waals surface area contributed by atoms with Crippen molar-refractivity contribution in [1.82, 2.24) is 20.1 Å². The third-order valence-corrected chi connectivity index (χ3v) is 5.18. The van der Waals surface area contributed by atoms with Crippen LogP contribution in [0.5, 0.6) is 5.75 Å². The molecule has 150 valence electrons. The number of carbonyl (C=O) groups excluding carboxylic acids is 1. The zero-order chi connectivity index (χ0) is 20.5. The van der Waals surface area contributed by atoms with E-state index in [4.69, 9.17) is 9.47 Å². The molecular formula is C20H18BrFN4O3. The normalized spacial score (nSPS) is 14.2. The maximum absolute atomic E-state index is 14.2. The molecule has 1 N–H and O–H groups in total. The maximum Gasteiger partial charge on any atom is 0.255 e. The summed E-state index contributed by atoms with van der Waals surface area (Å²) in [6.45, 7) is 2.10. The Kier molecular flexibility index (Phi) is 5.33. The van der Waals surface area contributed by atoms with Crippen molar-refractivity contribution >= 4 is 21.8 Å². The lowest BCUT2D eigenvalue weighted by Crippen LogP contribution is -2.31. The number of ether oxygens (including phenoxy) is 2. The second-order valence-corrected chi connectivity index (χ2v) is 7.58. The fraction of sp³-hybridized carbons (Fsp3) is 0.250. The summed E-state index contributed by atoms with van der Waals surface area (Å²) >= 11 is 3.41. The highest BCUT2D eigenvalue weighted by atomic mass is 79.9. The maximum atomic E-state index is 14.2. The van der Waals surface area contributed by atoms with Gasteiger partial charge in [-0.3, -0.25) is 4.79 Å². The van der Waals surface area contributed by atoms with Crippen LogP contribution in [-0.4, -0.2) is 39.9 Å². The standard InChI is InChI=1S/C20H18BrFN4O3/c1-11-23-19(25-24-11)18(16-8-14(22)5-6-17(16)29-10-28-2)26-9-12-3-4-13(21)7-15(12)20(26)27/h3-8,18H,9-10H2,1-2H3,(H,23,24,25). The van der Waals surface area contributed by atoms with Crippen LogP contribution in [0.4, 0.5) is 4.39 Å². The molecule has 1 unspecified atom stereocenters. The number of fused-ring (bicyclic) bond motifs is 1. The minimum Gasteiger partial charge on any atom is -0.467 e. The van der Waals surface area contributed by atoms with E-state index in [1.807, 2.05) is 12.1 Å². The lowest BCUT2D eigenvalue weighted by Gasteiger charge is -2.27. The molecule has 0 bridgehead atoms. The second kappa shape index (κ2) is 7.92. The molecule has 1 amide bonds. The molecule has 2 aromatic carbocycles. The van der Waals surface area contributed by atoms with Gasteiger partial charge in [0.05, 0.1) is 0 Å². The molecule has 1 aliphatic heterocycles. The number of amides is 1. The Balaban J connectivity index is 1.83. The van der Waals surface area contributed by atoms with Crippen molar-refractivity contribution in [3.8, 4) is 5.75 Å². The van der Waals surface area contributed by atoms with Crippen molar-refractivity contribution in [2.45, 2.75) is 19.5 Å². The molecule has 0 fully saturated rings. The fourth-order valence-electron chi connectivity index (χ4n) is 3.44. The van der Waals surface area contributed by atoms with Crippen LogP contribution < -0.4 is 4.74 Å². The van der Waals surface area contributed by atoms with Crippen molar-refractivity contribution in [3.05, 3.63) is 75.0 Å². The van der Waals surface area contributed by atoms with Gasteiger partial charge in [-0.1, -0.05) is 22.0 Å². The first-order chi connectivity index (χ1) is 14.0. The molecule has 0 saturated heterocycles. The number of methoxy groups -OCH3 is 1. The van der Waals surface area contributed by atoms with Crippen molar-refractivity contribution in [1.29, 1.82) is 0 Å². The highest BCUT2D eigenvalue weighted by Gasteiger charge is 2.37. The number of aromatic nitrogens is 3. The summed E-state index contributed by atoms with van der Waals surface area (Å²) in [6.07, 6.45) is 0. The Hall–Kier alpha value is -2.78. The lowest BCUT2D eigenvalue weighted by atomic mass is 10.0. The number of benzene rings is 2. The van der Waals surface area contributed by atoms with Gasteiger partial charge in [0, 0.05) is 29.3 Å². The summed E-state index contributed by atoms with van der Waals surface area (Å²) in [4.78, 5) is 17.9. The summed E-state index contributed by atoms with van der Waals surface area (Å²) in [5.74, 6) is 0.792. The third-order valence-electron chi connectivity index (χ3n) is 4.69. The Morgan fingerprint density at radius 3 is 2.83 bits per heavy atom. The van der Waals surface area contributed by atoms with Gasteiger partial charge in [0.25, 0.3) is 5.91 Å². The van der Waals surface area contributed by atoms with Crippen LogP contribution in [0.2, 0.25) is 0 Å². The number of hydrogen-bond acceptors (Lipinski definition) is 5. The number of carbonyl (C=O) groups is 1.